The van der Waals surface area contributed by atoms with Gasteiger partial charge in [-0.25, -0.2) is 4.39 Å². The number of hydrogen-bond donors (Lipinski definition) is 2. The van der Waals surface area contributed by atoms with Crippen molar-refractivity contribution in [3.05, 3.63) is 58.5 Å². The third-order valence-electron chi connectivity index (χ3n) is 4.37. The molecule has 0 spiro atoms. The molecular weight excluding hydrogens is 363 g/mol. The Morgan fingerprint density at radius 2 is 2.15 bits per heavy atom. The number of benzene rings is 1. The zero-order valence-electron chi connectivity index (χ0n) is 14.2. The molecule has 1 unspecified atom stereocenters. The second-order valence-corrected chi connectivity index (χ2v) is 6.22. The number of halogens is 3. The van der Waals surface area contributed by atoms with Gasteiger partial charge in [-0.05, 0) is 18.1 Å². The Kier molecular flexibility index (Phi) is 4.95. The molecule has 1 aromatic heterocycles. The normalized spacial score (nSPS) is 18.9. The van der Waals surface area contributed by atoms with Crippen LogP contribution in [0.5, 0.6) is 5.75 Å². The second-order valence-electron chi connectivity index (χ2n) is 6.22. The number of pyridine rings is 1. The number of aryl methyl sites for hydroxylation is 1. The van der Waals surface area contributed by atoms with Crippen LogP contribution in [0, 0.1) is 17.1 Å². The monoisotopic (exact) mass is 379 g/mol. The summed E-state index contributed by atoms with van der Waals surface area (Å²) >= 11 is 0. The zero-order chi connectivity index (χ0) is 19.8. The highest BCUT2D eigenvalue weighted by atomic mass is 19.3. The summed E-state index contributed by atoms with van der Waals surface area (Å²) < 4.78 is 45.6. The van der Waals surface area contributed by atoms with E-state index in [4.69, 9.17) is 5.26 Å². The average Bonchev–Trinajstić information content (AvgIpc) is 2.58. The first kappa shape index (κ1) is 18.9. The molecule has 0 saturated heterocycles. The first-order valence-corrected chi connectivity index (χ1v) is 8.06. The minimum Gasteiger partial charge on any atom is -0.431 e. The summed E-state index contributed by atoms with van der Waals surface area (Å²) in [5.74, 6) is -3.41. The molecule has 1 aromatic carbocycles. The fourth-order valence-corrected chi connectivity index (χ4v) is 3.23. The SMILES string of the molecule is Cn1cc(C#N)cc(OC(F)F)c1=NC1CCC(O)(O)c2c(F)cccc21. The Hall–Kier alpha value is -2.83. The minimum atomic E-state index is -3.12. The first-order chi connectivity index (χ1) is 12.7. The van der Waals surface area contributed by atoms with Gasteiger partial charge in [0.1, 0.15) is 11.9 Å². The highest BCUT2D eigenvalue weighted by Gasteiger charge is 2.39. The smallest absolute Gasteiger partial charge is 0.387 e. The topological polar surface area (TPSA) is 90.8 Å². The van der Waals surface area contributed by atoms with Gasteiger partial charge in [-0.1, -0.05) is 12.1 Å². The number of nitriles is 1. The lowest BCUT2D eigenvalue weighted by atomic mass is 9.83. The predicted molar refractivity (Wildman–Crippen MR) is 86.8 cm³/mol. The van der Waals surface area contributed by atoms with Crippen LogP contribution in [0.3, 0.4) is 0 Å². The molecule has 0 saturated carbocycles. The van der Waals surface area contributed by atoms with E-state index in [2.05, 4.69) is 9.73 Å². The van der Waals surface area contributed by atoms with Crippen molar-refractivity contribution in [3.8, 4) is 11.8 Å². The van der Waals surface area contributed by atoms with Crippen LogP contribution in [0.2, 0.25) is 0 Å². The van der Waals surface area contributed by atoms with Gasteiger partial charge in [0.05, 0.1) is 17.2 Å². The van der Waals surface area contributed by atoms with Crippen molar-refractivity contribution in [3.63, 3.8) is 0 Å². The molecule has 9 heteroatoms. The fourth-order valence-electron chi connectivity index (χ4n) is 3.23. The standard InChI is InChI=1S/C18H16F3N3O3/c1-24-9-10(8-22)7-14(27-17(20)21)16(24)23-13-5-6-18(25,26)15-11(13)3-2-4-12(15)19/h2-4,7,9,13,17,25-26H,5-6H2,1H3. The van der Waals surface area contributed by atoms with Crippen molar-refractivity contribution in [1.29, 1.82) is 5.26 Å². The van der Waals surface area contributed by atoms with E-state index in [-0.39, 0.29) is 40.8 Å². The number of hydrogen-bond acceptors (Lipinski definition) is 5. The van der Waals surface area contributed by atoms with E-state index in [9.17, 15) is 23.4 Å². The molecule has 0 fully saturated rings. The maximum absolute atomic E-state index is 14.2. The predicted octanol–water partition coefficient (Wildman–Crippen LogP) is 2.21. The van der Waals surface area contributed by atoms with Crippen LogP contribution in [0.25, 0.3) is 0 Å². The van der Waals surface area contributed by atoms with Crippen molar-refractivity contribution in [2.24, 2.45) is 12.0 Å². The molecule has 1 atom stereocenters. The number of nitrogens with zero attached hydrogens (tertiary/aromatic N) is 3. The van der Waals surface area contributed by atoms with Gasteiger partial charge in [-0.15, -0.1) is 0 Å². The molecule has 3 rings (SSSR count). The lowest BCUT2D eigenvalue weighted by Crippen LogP contribution is -2.33. The zero-order valence-corrected chi connectivity index (χ0v) is 14.2. The number of rotatable bonds is 3. The molecule has 27 heavy (non-hydrogen) atoms. The van der Waals surface area contributed by atoms with E-state index in [1.54, 1.807) is 0 Å². The Labute approximate surface area is 152 Å². The highest BCUT2D eigenvalue weighted by molar-refractivity contribution is 5.38. The summed E-state index contributed by atoms with van der Waals surface area (Å²) in [4.78, 5) is 4.40. The molecule has 6 nitrogen and oxygen atoms in total. The molecule has 0 amide bonds. The Morgan fingerprint density at radius 1 is 1.41 bits per heavy atom. The molecule has 0 bridgehead atoms. The molecule has 142 valence electrons. The Balaban J connectivity index is 2.19. The van der Waals surface area contributed by atoms with Crippen LogP contribution in [0.1, 0.15) is 35.6 Å². The van der Waals surface area contributed by atoms with E-state index in [0.29, 0.717) is 0 Å². The van der Waals surface area contributed by atoms with Crippen LogP contribution in [-0.4, -0.2) is 21.4 Å². The molecular formula is C18H16F3N3O3. The molecule has 1 aliphatic carbocycles. The van der Waals surface area contributed by atoms with Gasteiger partial charge in [0.25, 0.3) is 0 Å². The molecule has 1 aliphatic rings. The van der Waals surface area contributed by atoms with Crippen LogP contribution in [0.15, 0.2) is 35.5 Å². The van der Waals surface area contributed by atoms with Gasteiger partial charge in [0, 0.05) is 25.7 Å². The third kappa shape index (κ3) is 3.67. The quantitative estimate of drug-likeness (QED) is 0.800. The van der Waals surface area contributed by atoms with Gasteiger partial charge in [-0.2, -0.15) is 14.0 Å². The summed E-state index contributed by atoms with van der Waals surface area (Å²) in [5.41, 5.74) is 0.0982. The molecule has 2 N–H and O–H groups in total. The summed E-state index contributed by atoms with van der Waals surface area (Å²) in [7, 11) is 1.51. The lowest BCUT2D eigenvalue weighted by Gasteiger charge is -2.33. The highest BCUT2D eigenvalue weighted by Crippen LogP contribution is 2.41. The van der Waals surface area contributed by atoms with Crippen molar-refractivity contribution in [2.75, 3.05) is 0 Å². The van der Waals surface area contributed by atoms with E-state index >= 15 is 0 Å². The van der Waals surface area contributed by atoms with Crippen LogP contribution < -0.4 is 10.2 Å². The average molecular weight is 379 g/mol. The van der Waals surface area contributed by atoms with Crippen molar-refractivity contribution in [2.45, 2.75) is 31.3 Å². The largest absolute Gasteiger partial charge is 0.431 e. The number of aliphatic hydroxyl groups is 2. The number of fused-ring (bicyclic) bond motifs is 1. The van der Waals surface area contributed by atoms with Crippen molar-refractivity contribution >= 4 is 0 Å². The molecule has 1 heterocycles. The van der Waals surface area contributed by atoms with Crippen LogP contribution in [0.4, 0.5) is 13.2 Å². The molecule has 2 aromatic rings. The number of aromatic nitrogens is 1. The minimum absolute atomic E-state index is 0.0258. The van der Waals surface area contributed by atoms with Crippen molar-refractivity contribution in [1.82, 2.24) is 4.57 Å². The van der Waals surface area contributed by atoms with Gasteiger partial charge in [0.2, 0.25) is 0 Å². The third-order valence-corrected chi connectivity index (χ3v) is 4.37. The Morgan fingerprint density at radius 3 is 2.81 bits per heavy atom. The summed E-state index contributed by atoms with van der Waals surface area (Å²) in [5, 5.41) is 29.2. The van der Waals surface area contributed by atoms with Gasteiger partial charge < -0.3 is 19.5 Å². The van der Waals surface area contributed by atoms with Crippen molar-refractivity contribution < 1.29 is 28.1 Å². The molecule has 0 aliphatic heterocycles. The van der Waals surface area contributed by atoms with Crippen LogP contribution in [-0.2, 0) is 12.8 Å². The summed E-state index contributed by atoms with van der Waals surface area (Å²) in [6.07, 6.45) is 1.37. The van der Waals surface area contributed by atoms with E-state index in [0.717, 1.165) is 12.1 Å². The first-order valence-electron chi connectivity index (χ1n) is 8.06. The lowest BCUT2D eigenvalue weighted by molar-refractivity contribution is -0.182. The number of ether oxygens (including phenoxy) is 1. The van der Waals surface area contributed by atoms with Crippen LogP contribution >= 0.6 is 0 Å². The van der Waals surface area contributed by atoms with E-state index < -0.39 is 24.3 Å². The van der Waals surface area contributed by atoms with E-state index in [1.807, 2.05) is 6.07 Å². The fraction of sp³-hybridized carbons (Fsp3) is 0.333. The Bertz CT molecular complexity index is 980. The summed E-state index contributed by atoms with van der Waals surface area (Å²) in [6.45, 7) is -3.12. The van der Waals surface area contributed by atoms with Gasteiger partial charge in [0.15, 0.2) is 17.0 Å². The maximum atomic E-state index is 14.2. The van der Waals surface area contributed by atoms with Gasteiger partial charge in [-0.3, -0.25) is 4.99 Å². The van der Waals surface area contributed by atoms with E-state index in [1.165, 1.54) is 29.9 Å². The maximum Gasteiger partial charge on any atom is 0.387 e. The molecule has 0 radical (unpaired) electrons. The van der Waals surface area contributed by atoms with Gasteiger partial charge >= 0.3 is 6.61 Å². The number of alkyl halides is 2. The second kappa shape index (κ2) is 7.06. The summed E-state index contributed by atoms with van der Waals surface area (Å²) in [6, 6.07) is 6.30.